The molecule has 0 amide bonds. The number of hydrogen-bond acceptors (Lipinski definition) is 16. The van der Waals surface area contributed by atoms with Gasteiger partial charge in [0, 0.05) is 186 Å². The zero-order valence-corrected chi connectivity index (χ0v) is 46.6. The molecule has 1 aromatic heterocycles. The predicted molar refractivity (Wildman–Crippen MR) is 294 cm³/mol. The van der Waals surface area contributed by atoms with Crippen LogP contribution in [0.1, 0.15) is 169 Å². The van der Waals surface area contributed by atoms with Crippen molar-refractivity contribution in [1.82, 2.24) is 10.3 Å². The van der Waals surface area contributed by atoms with E-state index in [1.54, 1.807) is 24.3 Å². The van der Waals surface area contributed by atoms with E-state index in [0.29, 0.717) is 34.9 Å². The number of anilines is 1. The van der Waals surface area contributed by atoms with E-state index in [-0.39, 0.29) is 225 Å². The van der Waals surface area contributed by atoms with Crippen molar-refractivity contribution in [1.29, 1.82) is 0 Å². The van der Waals surface area contributed by atoms with E-state index >= 15 is 0 Å². The molecule has 0 aliphatic rings. The Morgan fingerprint density at radius 1 is 0.470 bits per heavy atom. The molecule has 0 unspecified atom stereocenters. The molecule has 448 valence electrons. The molecule has 0 bridgehead atoms. The molecule has 4 rings (SSSR count). The van der Waals surface area contributed by atoms with E-state index in [9.17, 15) is 79.1 Å². The van der Waals surface area contributed by atoms with Crippen molar-refractivity contribution >= 4 is 92.6 Å². The van der Waals surface area contributed by atoms with Crippen LogP contribution in [0.3, 0.4) is 0 Å². The molecule has 0 saturated carbocycles. The zero-order chi connectivity index (χ0) is 61.1. The standard InChI is InChI=1S/C61H69F6N3O13/c1-70(2)44-6-3-40(4-7-44)5-30-59-69-57-29-28-56(38-58(57)83-59)82-34-32-55(81)27-25-53(79)23-21-51(77)19-17-49(75)15-13-47(73)11-9-45(71)8-10-46(72)12-14-48(74)16-18-50(76)20-22-52(78)24-26-54(80)31-33-68-39-41-35-42(60(62,63)64)37-43(36-41)61(65,66)67/h3-7,28-30,35-38,68H,8-27,31-34,39H2,1-2H3. The summed E-state index contributed by atoms with van der Waals surface area (Å²) in [4.78, 5) is 142. The van der Waals surface area contributed by atoms with Crippen LogP contribution in [-0.2, 0) is 71.6 Å². The molecule has 0 fully saturated rings. The number of ether oxygens (including phenoxy) is 1. The van der Waals surface area contributed by atoms with Gasteiger partial charge in [0.2, 0.25) is 5.89 Å². The summed E-state index contributed by atoms with van der Waals surface area (Å²) < 4.78 is 90.1. The van der Waals surface area contributed by atoms with Gasteiger partial charge in [-0.05, 0) is 59.7 Å². The third-order valence-corrected chi connectivity index (χ3v) is 13.2. The minimum absolute atomic E-state index is 0.00482. The Kier molecular flexibility index (Phi) is 27.9. The Hall–Kier alpha value is -7.62. The number of hydrogen-bond donors (Lipinski definition) is 1. The number of carbonyl (C=O) groups excluding carboxylic acids is 11. The first-order valence-corrected chi connectivity index (χ1v) is 27.4. The van der Waals surface area contributed by atoms with Crippen LogP contribution in [-0.4, -0.2) is 95.8 Å². The van der Waals surface area contributed by atoms with E-state index in [4.69, 9.17) is 9.15 Å². The maximum absolute atomic E-state index is 13.1. The van der Waals surface area contributed by atoms with E-state index in [0.717, 1.165) is 11.3 Å². The number of oxazole rings is 1. The summed E-state index contributed by atoms with van der Waals surface area (Å²) in [5, 5.41) is 2.62. The van der Waals surface area contributed by atoms with Gasteiger partial charge in [0.05, 0.1) is 17.7 Å². The van der Waals surface area contributed by atoms with Gasteiger partial charge in [0.15, 0.2) is 5.58 Å². The van der Waals surface area contributed by atoms with Crippen LogP contribution >= 0.6 is 0 Å². The lowest BCUT2D eigenvalue weighted by molar-refractivity contribution is -0.143. The van der Waals surface area contributed by atoms with Crippen LogP contribution in [0, 0.1) is 0 Å². The van der Waals surface area contributed by atoms with E-state index in [1.165, 1.54) is 0 Å². The third-order valence-electron chi connectivity index (χ3n) is 13.2. The fourth-order valence-corrected chi connectivity index (χ4v) is 8.16. The van der Waals surface area contributed by atoms with Crippen LogP contribution in [0.4, 0.5) is 32.0 Å². The summed E-state index contributed by atoms with van der Waals surface area (Å²) >= 11 is 0. The molecule has 0 aliphatic carbocycles. The number of nitrogens with zero attached hydrogens (tertiary/aromatic N) is 2. The first-order valence-electron chi connectivity index (χ1n) is 27.4. The Balaban J connectivity index is 0.949. The molecule has 3 aromatic carbocycles. The molecule has 83 heavy (non-hydrogen) atoms. The van der Waals surface area contributed by atoms with E-state index in [2.05, 4.69) is 10.3 Å². The van der Waals surface area contributed by atoms with Gasteiger partial charge in [-0.3, -0.25) is 52.7 Å². The highest BCUT2D eigenvalue weighted by atomic mass is 19.4. The highest BCUT2D eigenvalue weighted by Gasteiger charge is 2.37. The quantitative estimate of drug-likeness (QED) is 0.0320. The number of fused-ring (bicyclic) bond motifs is 1. The highest BCUT2D eigenvalue weighted by Crippen LogP contribution is 2.36. The minimum Gasteiger partial charge on any atom is -0.493 e. The van der Waals surface area contributed by atoms with Crippen molar-refractivity contribution in [2.45, 2.75) is 160 Å². The van der Waals surface area contributed by atoms with Crippen LogP contribution in [0.2, 0.25) is 0 Å². The second-order valence-electron chi connectivity index (χ2n) is 20.4. The van der Waals surface area contributed by atoms with Gasteiger partial charge >= 0.3 is 12.4 Å². The Bertz CT molecular complexity index is 2940. The summed E-state index contributed by atoms with van der Waals surface area (Å²) in [6, 6.07) is 14.3. The van der Waals surface area contributed by atoms with Gasteiger partial charge in [-0.25, -0.2) is 4.98 Å². The van der Waals surface area contributed by atoms with Crippen molar-refractivity contribution in [3.8, 4) is 5.75 Å². The second kappa shape index (κ2) is 34.1. The first kappa shape index (κ1) is 67.9. The van der Waals surface area contributed by atoms with Gasteiger partial charge in [-0.2, -0.15) is 26.3 Å². The largest absolute Gasteiger partial charge is 0.493 e. The summed E-state index contributed by atoms with van der Waals surface area (Å²) in [5.74, 6) is -2.78. The molecular weight excluding hydrogens is 1100 g/mol. The number of Topliss-reactive ketones (excluding diaryl/α,β-unsaturated/α-hetero) is 11. The summed E-state index contributed by atoms with van der Waals surface area (Å²) in [7, 11) is 3.94. The van der Waals surface area contributed by atoms with Crippen molar-refractivity contribution in [2.24, 2.45) is 0 Å². The molecule has 0 atom stereocenters. The third kappa shape index (κ3) is 27.3. The van der Waals surface area contributed by atoms with Crippen molar-refractivity contribution in [2.75, 3.05) is 32.1 Å². The van der Waals surface area contributed by atoms with Gasteiger partial charge in [-0.15, -0.1) is 0 Å². The predicted octanol–water partition coefficient (Wildman–Crippen LogP) is 11.1. The number of alkyl halides is 6. The molecule has 16 nitrogen and oxygen atoms in total. The van der Waals surface area contributed by atoms with Gasteiger partial charge in [-0.1, -0.05) is 12.1 Å². The van der Waals surface area contributed by atoms with Crippen molar-refractivity contribution < 1.29 is 88.2 Å². The Labute approximate surface area is 476 Å². The summed E-state index contributed by atoms with van der Waals surface area (Å²) in [6.07, 6.45) is -9.08. The fourth-order valence-electron chi connectivity index (χ4n) is 8.16. The molecule has 1 heterocycles. The zero-order valence-electron chi connectivity index (χ0n) is 46.6. The normalized spacial score (nSPS) is 11.7. The Morgan fingerprint density at radius 3 is 1.19 bits per heavy atom. The maximum Gasteiger partial charge on any atom is 0.416 e. The molecule has 22 heteroatoms. The van der Waals surface area contributed by atoms with Crippen molar-refractivity contribution in [3.63, 3.8) is 0 Å². The number of nitrogens with one attached hydrogen (secondary N) is 1. The number of benzene rings is 3. The second-order valence-corrected chi connectivity index (χ2v) is 20.4. The first-order chi connectivity index (χ1) is 39.2. The van der Waals surface area contributed by atoms with E-state index in [1.807, 2.05) is 49.3 Å². The topological polar surface area (TPSA) is 238 Å². The average Bonchev–Trinajstić information content (AvgIpc) is 3.91. The average molecular weight is 1170 g/mol. The maximum atomic E-state index is 13.1. The molecule has 0 aliphatic heterocycles. The lowest BCUT2D eigenvalue weighted by Gasteiger charge is -2.14. The number of carbonyl (C=O) groups is 11. The summed E-state index contributed by atoms with van der Waals surface area (Å²) in [6.45, 7) is -0.357. The molecule has 0 spiro atoms. The summed E-state index contributed by atoms with van der Waals surface area (Å²) in [5.41, 5.74) is 0.0301. The van der Waals surface area contributed by atoms with Crippen LogP contribution in [0.5, 0.6) is 5.75 Å². The highest BCUT2D eigenvalue weighted by molar-refractivity contribution is 5.94. The fraction of sp³-hybridized carbons (Fsp3) is 0.475. The van der Waals surface area contributed by atoms with E-state index < -0.39 is 35.0 Å². The molecule has 0 radical (unpaired) electrons. The van der Waals surface area contributed by atoms with Crippen LogP contribution in [0.15, 0.2) is 65.1 Å². The molecule has 0 saturated heterocycles. The Morgan fingerprint density at radius 2 is 0.831 bits per heavy atom. The lowest BCUT2D eigenvalue weighted by Crippen LogP contribution is -2.19. The van der Waals surface area contributed by atoms with Crippen molar-refractivity contribution in [3.05, 3.63) is 88.8 Å². The van der Waals surface area contributed by atoms with Crippen LogP contribution in [0.25, 0.3) is 23.3 Å². The number of rotatable bonds is 42. The number of ketones is 11. The van der Waals surface area contributed by atoms with Gasteiger partial charge in [0.1, 0.15) is 74.9 Å². The molecular formula is C61H69F6N3O13. The minimum atomic E-state index is -5.00. The molecule has 4 aromatic rings. The number of halogens is 6. The van der Waals surface area contributed by atoms with Crippen LogP contribution < -0.4 is 15.0 Å². The monoisotopic (exact) mass is 1170 g/mol. The molecule has 1 N–H and O–H groups in total. The number of aromatic nitrogens is 1. The SMILES string of the molecule is CN(C)c1ccc(C=Cc2nc3ccc(OCCC(=O)CCC(=O)CCC(=O)CCC(=O)CCC(=O)CCC(=O)CCC(=O)CCC(=O)CCC(=O)CCC(=O)CCC(=O)CCNCc4cc(C(F)(F)F)cc(C(F)(F)F)c4)cc3o2)cc1. The smallest absolute Gasteiger partial charge is 0.416 e. The lowest BCUT2D eigenvalue weighted by atomic mass is 9.99. The van der Waals surface area contributed by atoms with Gasteiger partial charge < -0.3 is 19.4 Å². The van der Waals surface area contributed by atoms with Gasteiger partial charge in [0.25, 0.3) is 0 Å².